The van der Waals surface area contributed by atoms with Gasteiger partial charge >= 0.3 is 0 Å². The van der Waals surface area contributed by atoms with Crippen molar-refractivity contribution < 1.29 is 4.57 Å². The third kappa shape index (κ3) is 2.24. The predicted molar refractivity (Wildman–Crippen MR) is 62.0 cm³/mol. The molecule has 0 aromatic carbocycles. The van der Waals surface area contributed by atoms with Crippen molar-refractivity contribution in [1.82, 2.24) is 4.98 Å². The summed E-state index contributed by atoms with van der Waals surface area (Å²) in [7, 11) is -2.13. The van der Waals surface area contributed by atoms with E-state index in [1.165, 1.54) is 0 Å². The van der Waals surface area contributed by atoms with Crippen molar-refractivity contribution in [2.24, 2.45) is 0 Å². The molecule has 0 aliphatic carbocycles. The van der Waals surface area contributed by atoms with Gasteiger partial charge in [0.05, 0.1) is 0 Å². The second-order valence-electron chi connectivity index (χ2n) is 3.63. The fraction of sp³-hybridized carbons (Fsp3) is 0.545. The molecule has 0 unspecified atom stereocenters. The van der Waals surface area contributed by atoms with E-state index in [0.717, 1.165) is 29.0 Å². The second kappa shape index (κ2) is 4.27. The Hall–Kier alpha value is -0.620. The minimum absolute atomic E-state index is 0.742. The van der Waals surface area contributed by atoms with E-state index in [1.54, 1.807) is 0 Å². The van der Waals surface area contributed by atoms with Gasteiger partial charge in [-0.25, -0.2) is 0 Å². The normalized spacial score (nSPS) is 11.7. The molecule has 1 aromatic rings. The van der Waals surface area contributed by atoms with Crippen molar-refractivity contribution in [1.29, 1.82) is 0 Å². The highest BCUT2D eigenvalue weighted by Gasteiger charge is 2.20. The SMILES string of the molecule is CCP(=O)(CC)c1cc(C)nc(C)c1. The van der Waals surface area contributed by atoms with Crippen LogP contribution in [0.1, 0.15) is 25.2 Å². The molecule has 1 heterocycles. The Labute approximate surface area is 86.1 Å². The Kier molecular flexibility index (Phi) is 3.49. The summed E-state index contributed by atoms with van der Waals surface area (Å²) in [6.45, 7) is 7.89. The van der Waals surface area contributed by atoms with Crippen molar-refractivity contribution in [3.8, 4) is 0 Å². The van der Waals surface area contributed by atoms with Crippen LogP contribution in [0.15, 0.2) is 12.1 Å². The summed E-state index contributed by atoms with van der Waals surface area (Å²) in [5.41, 5.74) is 1.92. The molecule has 0 saturated heterocycles. The highest BCUT2D eigenvalue weighted by Crippen LogP contribution is 2.43. The standard InChI is InChI=1S/C11H18NOP/c1-5-14(13,6-2)11-7-9(3)12-10(4)8-11/h7-8H,5-6H2,1-4H3. The van der Waals surface area contributed by atoms with Crippen molar-refractivity contribution in [3.05, 3.63) is 23.5 Å². The second-order valence-corrected chi connectivity index (χ2v) is 7.19. The van der Waals surface area contributed by atoms with Gasteiger partial charge in [-0.05, 0) is 26.0 Å². The van der Waals surface area contributed by atoms with E-state index in [2.05, 4.69) is 4.98 Å². The lowest BCUT2D eigenvalue weighted by Crippen LogP contribution is -2.11. The first-order valence-corrected chi connectivity index (χ1v) is 7.13. The molecule has 2 nitrogen and oxygen atoms in total. The maximum atomic E-state index is 12.4. The maximum Gasteiger partial charge on any atom is 0.115 e. The number of hydrogen-bond acceptors (Lipinski definition) is 2. The molecule has 3 heteroatoms. The predicted octanol–water partition coefficient (Wildman–Crippen LogP) is 2.73. The largest absolute Gasteiger partial charge is 0.319 e. The lowest BCUT2D eigenvalue weighted by molar-refractivity contribution is 0.582. The Morgan fingerprint density at radius 2 is 1.57 bits per heavy atom. The smallest absolute Gasteiger partial charge is 0.115 e. The van der Waals surface area contributed by atoms with Crippen LogP contribution < -0.4 is 5.30 Å². The molecule has 1 rings (SSSR count). The molecular formula is C11H18NOP. The van der Waals surface area contributed by atoms with Crippen LogP contribution in [0.4, 0.5) is 0 Å². The van der Waals surface area contributed by atoms with Crippen molar-refractivity contribution >= 4 is 12.4 Å². The molecule has 0 bridgehead atoms. The summed E-state index contributed by atoms with van der Waals surface area (Å²) in [6.07, 6.45) is 1.48. The average molecular weight is 211 g/mol. The maximum absolute atomic E-state index is 12.4. The molecule has 0 atom stereocenters. The summed E-state index contributed by atoms with van der Waals surface area (Å²) in [4.78, 5) is 4.30. The van der Waals surface area contributed by atoms with Gasteiger partial charge in [-0.1, -0.05) is 13.8 Å². The van der Waals surface area contributed by atoms with Crippen LogP contribution in [0.5, 0.6) is 0 Å². The van der Waals surface area contributed by atoms with E-state index in [9.17, 15) is 4.57 Å². The van der Waals surface area contributed by atoms with E-state index in [1.807, 2.05) is 39.8 Å². The van der Waals surface area contributed by atoms with Gasteiger partial charge < -0.3 is 4.57 Å². The van der Waals surface area contributed by atoms with Crippen molar-refractivity contribution in [2.75, 3.05) is 12.3 Å². The number of aromatic nitrogens is 1. The van der Waals surface area contributed by atoms with Crippen molar-refractivity contribution in [2.45, 2.75) is 27.7 Å². The number of rotatable bonds is 3. The molecule has 0 aliphatic rings. The van der Waals surface area contributed by atoms with E-state index < -0.39 is 7.14 Å². The third-order valence-corrected chi connectivity index (χ3v) is 5.80. The zero-order chi connectivity index (χ0) is 10.8. The monoisotopic (exact) mass is 211 g/mol. The number of hydrogen-bond donors (Lipinski definition) is 0. The first-order valence-electron chi connectivity index (χ1n) is 5.05. The molecule has 0 saturated carbocycles. The summed E-state index contributed by atoms with van der Waals surface area (Å²) in [5.74, 6) is 0. The van der Waals surface area contributed by atoms with Gasteiger partial charge in [-0.3, -0.25) is 4.98 Å². The van der Waals surface area contributed by atoms with Gasteiger partial charge in [-0.15, -0.1) is 0 Å². The molecule has 0 aliphatic heterocycles. The van der Waals surface area contributed by atoms with E-state index in [4.69, 9.17) is 0 Å². The first kappa shape index (κ1) is 11.5. The highest BCUT2D eigenvalue weighted by atomic mass is 31.2. The molecule has 0 radical (unpaired) electrons. The topological polar surface area (TPSA) is 30.0 Å². The quantitative estimate of drug-likeness (QED) is 0.719. The summed E-state index contributed by atoms with van der Waals surface area (Å²) in [5, 5.41) is 0.993. The Bertz CT molecular complexity index is 345. The summed E-state index contributed by atoms with van der Waals surface area (Å²) < 4.78 is 12.4. The zero-order valence-electron chi connectivity index (χ0n) is 9.37. The molecule has 0 spiro atoms. The fourth-order valence-corrected chi connectivity index (χ4v) is 3.66. The van der Waals surface area contributed by atoms with E-state index in [-0.39, 0.29) is 0 Å². The highest BCUT2D eigenvalue weighted by molar-refractivity contribution is 7.71. The van der Waals surface area contributed by atoms with Crippen LogP contribution in [-0.4, -0.2) is 17.3 Å². The lowest BCUT2D eigenvalue weighted by atomic mass is 10.3. The van der Waals surface area contributed by atoms with Gasteiger partial charge in [0, 0.05) is 29.0 Å². The Balaban J connectivity index is 3.24. The molecule has 0 amide bonds. The number of aryl methyl sites for hydroxylation is 2. The summed E-state index contributed by atoms with van der Waals surface area (Å²) in [6, 6.07) is 3.92. The molecule has 0 N–H and O–H groups in total. The summed E-state index contributed by atoms with van der Waals surface area (Å²) >= 11 is 0. The van der Waals surface area contributed by atoms with Crippen LogP contribution in [0.25, 0.3) is 0 Å². The Morgan fingerprint density at radius 3 is 1.93 bits per heavy atom. The van der Waals surface area contributed by atoms with Crippen LogP contribution in [0, 0.1) is 13.8 Å². The van der Waals surface area contributed by atoms with Crippen LogP contribution in [0.3, 0.4) is 0 Å². The van der Waals surface area contributed by atoms with Crippen LogP contribution >= 0.6 is 7.14 Å². The molecule has 14 heavy (non-hydrogen) atoms. The zero-order valence-corrected chi connectivity index (χ0v) is 10.3. The number of pyridine rings is 1. The average Bonchev–Trinajstić information content (AvgIpc) is 2.15. The number of nitrogens with zero attached hydrogens (tertiary/aromatic N) is 1. The van der Waals surface area contributed by atoms with Crippen molar-refractivity contribution in [3.63, 3.8) is 0 Å². The minimum atomic E-state index is -2.13. The third-order valence-electron chi connectivity index (χ3n) is 2.56. The van der Waals surface area contributed by atoms with Crippen LogP contribution in [0.2, 0.25) is 0 Å². The van der Waals surface area contributed by atoms with E-state index >= 15 is 0 Å². The molecule has 1 aromatic heterocycles. The van der Waals surface area contributed by atoms with Gasteiger partial charge in [0.25, 0.3) is 0 Å². The first-order chi connectivity index (χ1) is 6.51. The van der Waals surface area contributed by atoms with Gasteiger partial charge in [-0.2, -0.15) is 0 Å². The molecule has 78 valence electrons. The minimum Gasteiger partial charge on any atom is -0.319 e. The lowest BCUT2D eigenvalue weighted by Gasteiger charge is -2.15. The van der Waals surface area contributed by atoms with Crippen LogP contribution in [-0.2, 0) is 4.57 Å². The van der Waals surface area contributed by atoms with Gasteiger partial charge in [0.15, 0.2) is 0 Å². The van der Waals surface area contributed by atoms with Gasteiger partial charge in [0.1, 0.15) is 7.14 Å². The van der Waals surface area contributed by atoms with E-state index in [0.29, 0.717) is 0 Å². The molecule has 0 fully saturated rings. The van der Waals surface area contributed by atoms with Gasteiger partial charge in [0.2, 0.25) is 0 Å². The molecular weight excluding hydrogens is 193 g/mol. The Morgan fingerprint density at radius 1 is 1.14 bits per heavy atom. The fourth-order valence-electron chi connectivity index (χ4n) is 1.64.